The molecule has 0 aliphatic heterocycles. The fourth-order valence-electron chi connectivity index (χ4n) is 0.409. The summed E-state index contributed by atoms with van der Waals surface area (Å²) in [5.74, 6) is 0.256. The summed E-state index contributed by atoms with van der Waals surface area (Å²) >= 11 is 0. The van der Waals surface area contributed by atoms with Crippen molar-refractivity contribution in [2.75, 3.05) is 13.1 Å². The lowest BCUT2D eigenvalue weighted by Gasteiger charge is -1.97. The molecule has 0 heterocycles. The summed E-state index contributed by atoms with van der Waals surface area (Å²) < 4.78 is 0. The molecule has 0 aromatic rings. The highest BCUT2D eigenvalue weighted by molar-refractivity contribution is 4.78. The van der Waals surface area contributed by atoms with E-state index in [1.54, 1.807) is 0 Å². The molecule has 0 unspecified atom stereocenters. The second-order valence-electron chi connectivity index (χ2n) is 1.67. The Morgan fingerprint density at radius 2 is 2.38 bits per heavy atom. The van der Waals surface area contributed by atoms with Crippen LogP contribution in [0, 0.1) is 0 Å². The van der Waals surface area contributed by atoms with Crippen molar-refractivity contribution in [3.8, 4) is 0 Å². The monoisotopic (exact) mass is 115 g/mol. The van der Waals surface area contributed by atoms with Crippen molar-refractivity contribution in [2.45, 2.75) is 13.3 Å². The molecule has 2 heteroatoms. The highest BCUT2D eigenvalue weighted by Gasteiger charge is 1.85. The van der Waals surface area contributed by atoms with Gasteiger partial charge in [0.2, 0.25) is 0 Å². The largest absolute Gasteiger partial charge is 0.513 e. The number of aliphatic hydroxyl groups is 1. The van der Waals surface area contributed by atoms with Gasteiger partial charge in [-0.05, 0) is 6.54 Å². The van der Waals surface area contributed by atoms with Gasteiger partial charge in [0.05, 0.1) is 5.76 Å². The Bertz CT molecular complexity index is 70.9. The third-order valence-electron chi connectivity index (χ3n) is 0.840. The van der Waals surface area contributed by atoms with Crippen LogP contribution in [-0.2, 0) is 0 Å². The van der Waals surface area contributed by atoms with Crippen molar-refractivity contribution in [1.29, 1.82) is 0 Å². The Morgan fingerprint density at radius 3 is 2.75 bits per heavy atom. The molecule has 0 saturated heterocycles. The fourth-order valence-corrected chi connectivity index (χ4v) is 0.409. The molecular formula is C6H13NO. The lowest BCUT2D eigenvalue weighted by Crippen LogP contribution is -2.14. The summed E-state index contributed by atoms with van der Waals surface area (Å²) in [6, 6.07) is 0. The van der Waals surface area contributed by atoms with E-state index in [0.29, 0.717) is 6.42 Å². The average molecular weight is 115 g/mol. The molecular weight excluding hydrogens is 102 g/mol. The fraction of sp³-hybridized carbons (Fsp3) is 0.667. The molecule has 0 aliphatic rings. The van der Waals surface area contributed by atoms with Crippen LogP contribution in [-0.4, -0.2) is 18.2 Å². The highest BCUT2D eigenvalue weighted by Crippen LogP contribution is 1.86. The van der Waals surface area contributed by atoms with E-state index >= 15 is 0 Å². The van der Waals surface area contributed by atoms with Gasteiger partial charge in [-0.25, -0.2) is 0 Å². The van der Waals surface area contributed by atoms with Crippen LogP contribution in [0.25, 0.3) is 0 Å². The molecule has 2 N–H and O–H groups in total. The minimum absolute atomic E-state index is 0.256. The zero-order chi connectivity index (χ0) is 6.41. The number of hydrogen-bond acceptors (Lipinski definition) is 2. The van der Waals surface area contributed by atoms with Gasteiger partial charge in [0.25, 0.3) is 0 Å². The van der Waals surface area contributed by atoms with E-state index in [2.05, 4.69) is 11.9 Å². The minimum atomic E-state index is 0.256. The molecule has 0 aromatic heterocycles. The molecule has 0 aliphatic carbocycles. The van der Waals surface area contributed by atoms with Crippen LogP contribution in [0.5, 0.6) is 0 Å². The van der Waals surface area contributed by atoms with Gasteiger partial charge < -0.3 is 10.4 Å². The summed E-state index contributed by atoms with van der Waals surface area (Å²) in [6.07, 6.45) is 0.661. The first kappa shape index (κ1) is 7.50. The van der Waals surface area contributed by atoms with E-state index in [-0.39, 0.29) is 5.76 Å². The molecule has 0 saturated carbocycles. The van der Waals surface area contributed by atoms with Gasteiger partial charge in [0.1, 0.15) is 0 Å². The van der Waals surface area contributed by atoms with Crippen molar-refractivity contribution < 1.29 is 5.11 Å². The van der Waals surface area contributed by atoms with Crippen molar-refractivity contribution in [1.82, 2.24) is 5.32 Å². The van der Waals surface area contributed by atoms with Crippen molar-refractivity contribution >= 4 is 0 Å². The maximum atomic E-state index is 8.54. The topological polar surface area (TPSA) is 32.3 Å². The first-order valence-corrected chi connectivity index (χ1v) is 2.84. The molecule has 48 valence electrons. The molecule has 0 radical (unpaired) electrons. The number of rotatable bonds is 4. The van der Waals surface area contributed by atoms with E-state index in [0.717, 1.165) is 13.1 Å². The quantitative estimate of drug-likeness (QED) is 0.424. The molecule has 0 amide bonds. The summed E-state index contributed by atoms with van der Waals surface area (Å²) in [4.78, 5) is 0. The predicted molar refractivity (Wildman–Crippen MR) is 34.9 cm³/mol. The summed E-state index contributed by atoms with van der Waals surface area (Å²) in [5, 5.41) is 11.6. The van der Waals surface area contributed by atoms with Crippen LogP contribution in [0.2, 0.25) is 0 Å². The molecule has 0 spiro atoms. The SMILES string of the molecule is C=C(O)CCNCC. The average Bonchev–Trinajstić information content (AvgIpc) is 1.66. The van der Waals surface area contributed by atoms with Gasteiger partial charge in [0.15, 0.2) is 0 Å². The number of nitrogens with one attached hydrogen (secondary N) is 1. The Morgan fingerprint density at radius 1 is 1.75 bits per heavy atom. The smallest absolute Gasteiger partial charge is 0.0863 e. The maximum absolute atomic E-state index is 8.54. The molecule has 0 aromatic carbocycles. The van der Waals surface area contributed by atoms with Crippen LogP contribution in [0.1, 0.15) is 13.3 Å². The first-order chi connectivity index (χ1) is 3.77. The highest BCUT2D eigenvalue weighted by atomic mass is 16.3. The summed E-state index contributed by atoms with van der Waals surface area (Å²) in [5.41, 5.74) is 0. The number of hydrogen-bond donors (Lipinski definition) is 2. The van der Waals surface area contributed by atoms with Gasteiger partial charge >= 0.3 is 0 Å². The van der Waals surface area contributed by atoms with Crippen LogP contribution in [0.4, 0.5) is 0 Å². The molecule has 0 bridgehead atoms. The lowest BCUT2D eigenvalue weighted by molar-refractivity contribution is 0.388. The molecule has 8 heavy (non-hydrogen) atoms. The molecule has 0 atom stereocenters. The third kappa shape index (κ3) is 5.50. The Hall–Kier alpha value is -0.500. The van der Waals surface area contributed by atoms with E-state index in [1.807, 2.05) is 6.92 Å². The van der Waals surface area contributed by atoms with Crippen molar-refractivity contribution in [2.24, 2.45) is 0 Å². The lowest BCUT2D eigenvalue weighted by atomic mass is 10.4. The third-order valence-corrected chi connectivity index (χ3v) is 0.840. The Labute approximate surface area is 50.2 Å². The van der Waals surface area contributed by atoms with Gasteiger partial charge in [-0.3, -0.25) is 0 Å². The van der Waals surface area contributed by atoms with Crippen LogP contribution in [0.3, 0.4) is 0 Å². The van der Waals surface area contributed by atoms with Crippen LogP contribution in [0.15, 0.2) is 12.3 Å². The number of aliphatic hydroxyl groups excluding tert-OH is 1. The van der Waals surface area contributed by atoms with Gasteiger partial charge in [-0.15, -0.1) is 0 Å². The standard InChI is InChI=1S/C6H13NO/c1-3-7-5-4-6(2)8/h7-8H,2-5H2,1H3. The normalized spacial score (nSPS) is 9.12. The maximum Gasteiger partial charge on any atom is 0.0863 e. The minimum Gasteiger partial charge on any atom is -0.513 e. The summed E-state index contributed by atoms with van der Waals surface area (Å²) in [7, 11) is 0. The second kappa shape index (κ2) is 4.65. The van der Waals surface area contributed by atoms with Crippen LogP contribution >= 0.6 is 0 Å². The van der Waals surface area contributed by atoms with Gasteiger partial charge in [0, 0.05) is 13.0 Å². The second-order valence-corrected chi connectivity index (χ2v) is 1.67. The Balaban J connectivity index is 2.82. The zero-order valence-corrected chi connectivity index (χ0v) is 5.28. The molecule has 2 nitrogen and oxygen atoms in total. The summed E-state index contributed by atoms with van der Waals surface area (Å²) in [6.45, 7) is 7.15. The molecule has 0 fully saturated rings. The van der Waals surface area contributed by atoms with Gasteiger partial charge in [-0.1, -0.05) is 13.5 Å². The van der Waals surface area contributed by atoms with Crippen LogP contribution < -0.4 is 5.32 Å². The predicted octanol–water partition coefficient (Wildman–Crippen LogP) is 1.06. The Kier molecular flexibility index (Phi) is 4.36. The van der Waals surface area contributed by atoms with Crippen molar-refractivity contribution in [3.05, 3.63) is 12.3 Å². The first-order valence-electron chi connectivity index (χ1n) is 2.84. The van der Waals surface area contributed by atoms with E-state index in [1.165, 1.54) is 0 Å². The van der Waals surface area contributed by atoms with Crippen molar-refractivity contribution in [3.63, 3.8) is 0 Å². The zero-order valence-electron chi connectivity index (χ0n) is 5.28. The van der Waals surface area contributed by atoms with Gasteiger partial charge in [-0.2, -0.15) is 0 Å². The molecule has 0 rings (SSSR count). The van der Waals surface area contributed by atoms with E-state index in [4.69, 9.17) is 5.11 Å². The van der Waals surface area contributed by atoms with E-state index in [9.17, 15) is 0 Å². The van der Waals surface area contributed by atoms with E-state index < -0.39 is 0 Å².